The molecule has 1 saturated carbocycles. The SMILES string of the molecule is CCC1(NC(=O)C2CNC(=O)C2)CCC1. The van der Waals surface area contributed by atoms with Gasteiger partial charge in [-0.3, -0.25) is 9.59 Å². The summed E-state index contributed by atoms with van der Waals surface area (Å²) in [5.74, 6) is -0.106. The summed E-state index contributed by atoms with van der Waals surface area (Å²) in [5.41, 5.74) is 0.0444. The number of amides is 2. The summed E-state index contributed by atoms with van der Waals surface area (Å²) in [4.78, 5) is 22.8. The summed E-state index contributed by atoms with van der Waals surface area (Å²) in [6, 6.07) is 0. The van der Waals surface area contributed by atoms with Gasteiger partial charge in [0.15, 0.2) is 0 Å². The van der Waals surface area contributed by atoms with Gasteiger partial charge in [0.05, 0.1) is 5.92 Å². The molecule has 0 aromatic heterocycles. The second-order valence-electron chi connectivity index (χ2n) is 4.68. The lowest BCUT2D eigenvalue weighted by Crippen LogP contribution is -2.54. The minimum atomic E-state index is -0.151. The van der Waals surface area contributed by atoms with Crippen LogP contribution >= 0.6 is 0 Å². The standard InChI is InChI=1S/C11H18N2O2/c1-2-11(4-3-5-11)13-10(15)8-6-9(14)12-7-8/h8H,2-7H2,1H3,(H,12,14)(H,13,15). The van der Waals surface area contributed by atoms with E-state index in [0.717, 1.165) is 19.3 Å². The molecule has 1 unspecified atom stereocenters. The predicted molar refractivity (Wildman–Crippen MR) is 56.1 cm³/mol. The van der Waals surface area contributed by atoms with Gasteiger partial charge >= 0.3 is 0 Å². The van der Waals surface area contributed by atoms with E-state index < -0.39 is 0 Å². The van der Waals surface area contributed by atoms with Gasteiger partial charge in [0, 0.05) is 18.5 Å². The number of hydrogen-bond acceptors (Lipinski definition) is 2. The highest BCUT2D eigenvalue weighted by atomic mass is 16.2. The zero-order chi connectivity index (χ0) is 10.9. The third kappa shape index (κ3) is 1.98. The van der Waals surface area contributed by atoms with E-state index in [-0.39, 0.29) is 23.3 Å². The number of carbonyl (C=O) groups excluding carboxylic acids is 2. The fraction of sp³-hybridized carbons (Fsp3) is 0.818. The topological polar surface area (TPSA) is 58.2 Å². The Hall–Kier alpha value is -1.06. The second-order valence-corrected chi connectivity index (χ2v) is 4.68. The Morgan fingerprint density at radius 2 is 2.33 bits per heavy atom. The Morgan fingerprint density at radius 3 is 2.73 bits per heavy atom. The van der Waals surface area contributed by atoms with Crippen LogP contribution in [0.1, 0.15) is 39.0 Å². The third-order valence-electron chi connectivity index (χ3n) is 3.72. The number of carbonyl (C=O) groups is 2. The molecule has 4 nitrogen and oxygen atoms in total. The summed E-state index contributed by atoms with van der Waals surface area (Å²) in [6.07, 6.45) is 4.72. The summed E-state index contributed by atoms with van der Waals surface area (Å²) in [5, 5.41) is 5.80. The van der Waals surface area contributed by atoms with Gasteiger partial charge in [-0.05, 0) is 25.7 Å². The molecule has 2 fully saturated rings. The molecule has 1 saturated heterocycles. The second kappa shape index (κ2) is 3.83. The highest BCUT2D eigenvalue weighted by Gasteiger charge is 2.39. The lowest BCUT2D eigenvalue weighted by molar-refractivity contribution is -0.129. The maximum Gasteiger partial charge on any atom is 0.225 e. The molecule has 1 aliphatic heterocycles. The van der Waals surface area contributed by atoms with Crippen molar-refractivity contribution in [3.05, 3.63) is 0 Å². The Labute approximate surface area is 89.8 Å². The molecule has 2 N–H and O–H groups in total. The van der Waals surface area contributed by atoms with Gasteiger partial charge in [-0.2, -0.15) is 0 Å². The zero-order valence-electron chi connectivity index (χ0n) is 9.14. The first-order valence-corrected chi connectivity index (χ1v) is 5.74. The molecule has 1 heterocycles. The van der Waals surface area contributed by atoms with Crippen molar-refractivity contribution in [2.75, 3.05) is 6.54 Å². The van der Waals surface area contributed by atoms with Crippen molar-refractivity contribution in [1.29, 1.82) is 0 Å². The highest BCUT2D eigenvalue weighted by molar-refractivity contribution is 5.89. The van der Waals surface area contributed by atoms with Crippen LogP contribution in [0.2, 0.25) is 0 Å². The molecular weight excluding hydrogens is 192 g/mol. The molecule has 0 radical (unpaired) electrons. The zero-order valence-corrected chi connectivity index (χ0v) is 9.14. The maximum absolute atomic E-state index is 11.9. The highest BCUT2D eigenvalue weighted by Crippen LogP contribution is 2.35. The van der Waals surface area contributed by atoms with E-state index in [0.29, 0.717) is 13.0 Å². The van der Waals surface area contributed by atoms with Gasteiger partial charge in [0.25, 0.3) is 0 Å². The van der Waals surface area contributed by atoms with Crippen LogP contribution < -0.4 is 10.6 Å². The Kier molecular flexibility index (Phi) is 2.67. The smallest absolute Gasteiger partial charge is 0.225 e. The summed E-state index contributed by atoms with van der Waals surface area (Å²) in [7, 11) is 0. The van der Waals surface area contributed by atoms with E-state index in [2.05, 4.69) is 17.6 Å². The fourth-order valence-corrected chi connectivity index (χ4v) is 2.32. The Morgan fingerprint density at radius 1 is 1.60 bits per heavy atom. The summed E-state index contributed by atoms with van der Waals surface area (Å²) >= 11 is 0. The van der Waals surface area contributed by atoms with E-state index in [4.69, 9.17) is 0 Å². The van der Waals surface area contributed by atoms with Crippen molar-refractivity contribution in [3.8, 4) is 0 Å². The average molecular weight is 210 g/mol. The van der Waals surface area contributed by atoms with Gasteiger partial charge in [-0.15, -0.1) is 0 Å². The van der Waals surface area contributed by atoms with E-state index >= 15 is 0 Å². The van der Waals surface area contributed by atoms with Gasteiger partial charge in [0.1, 0.15) is 0 Å². The molecule has 1 aliphatic carbocycles. The normalized spacial score (nSPS) is 28.1. The van der Waals surface area contributed by atoms with Crippen molar-refractivity contribution in [2.24, 2.45) is 5.92 Å². The predicted octanol–water partition coefficient (Wildman–Crippen LogP) is 0.571. The van der Waals surface area contributed by atoms with Gasteiger partial charge in [-0.25, -0.2) is 0 Å². The van der Waals surface area contributed by atoms with E-state index in [1.54, 1.807) is 0 Å². The van der Waals surface area contributed by atoms with Crippen LogP contribution in [-0.2, 0) is 9.59 Å². The lowest BCUT2D eigenvalue weighted by atomic mass is 9.74. The van der Waals surface area contributed by atoms with Crippen molar-refractivity contribution < 1.29 is 9.59 Å². The van der Waals surface area contributed by atoms with Crippen LogP contribution in [0.15, 0.2) is 0 Å². The van der Waals surface area contributed by atoms with Crippen molar-refractivity contribution in [1.82, 2.24) is 10.6 Å². The van der Waals surface area contributed by atoms with Crippen LogP contribution in [0.25, 0.3) is 0 Å². The van der Waals surface area contributed by atoms with E-state index in [9.17, 15) is 9.59 Å². The molecule has 0 spiro atoms. The number of nitrogens with one attached hydrogen (secondary N) is 2. The van der Waals surface area contributed by atoms with Crippen LogP contribution in [0.5, 0.6) is 0 Å². The van der Waals surface area contributed by atoms with Crippen molar-refractivity contribution >= 4 is 11.8 Å². The molecule has 1 atom stereocenters. The molecular formula is C11H18N2O2. The molecule has 0 bridgehead atoms. The molecule has 2 amide bonds. The van der Waals surface area contributed by atoms with Crippen LogP contribution in [0, 0.1) is 5.92 Å². The Balaban J connectivity index is 1.89. The van der Waals surface area contributed by atoms with Crippen molar-refractivity contribution in [2.45, 2.75) is 44.6 Å². The Bertz CT molecular complexity index is 279. The fourth-order valence-electron chi connectivity index (χ4n) is 2.32. The molecule has 0 aromatic rings. The van der Waals surface area contributed by atoms with Gasteiger partial charge < -0.3 is 10.6 Å². The van der Waals surface area contributed by atoms with Gasteiger partial charge in [0.2, 0.25) is 11.8 Å². The van der Waals surface area contributed by atoms with Crippen LogP contribution in [-0.4, -0.2) is 23.9 Å². The quantitative estimate of drug-likeness (QED) is 0.715. The molecule has 84 valence electrons. The van der Waals surface area contributed by atoms with Crippen molar-refractivity contribution in [3.63, 3.8) is 0 Å². The summed E-state index contributed by atoms with van der Waals surface area (Å²) < 4.78 is 0. The summed E-state index contributed by atoms with van der Waals surface area (Å²) in [6.45, 7) is 2.61. The monoisotopic (exact) mass is 210 g/mol. The largest absolute Gasteiger partial charge is 0.355 e. The molecule has 2 rings (SSSR count). The minimum absolute atomic E-state index is 0.00527. The first-order chi connectivity index (χ1) is 7.15. The number of hydrogen-bond donors (Lipinski definition) is 2. The first-order valence-electron chi connectivity index (χ1n) is 5.74. The third-order valence-corrected chi connectivity index (χ3v) is 3.72. The minimum Gasteiger partial charge on any atom is -0.355 e. The van der Waals surface area contributed by atoms with E-state index in [1.165, 1.54) is 6.42 Å². The lowest BCUT2D eigenvalue weighted by Gasteiger charge is -2.42. The number of rotatable bonds is 3. The molecule has 0 aromatic carbocycles. The molecule has 4 heteroatoms. The maximum atomic E-state index is 11.9. The van der Waals surface area contributed by atoms with Crippen LogP contribution in [0.3, 0.4) is 0 Å². The average Bonchev–Trinajstić information content (AvgIpc) is 2.58. The van der Waals surface area contributed by atoms with Crippen LogP contribution in [0.4, 0.5) is 0 Å². The van der Waals surface area contributed by atoms with Gasteiger partial charge in [-0.1, -0.05) is 6.92 Å². The molecule has 15 heavy (non-hydrogen) atoms. The first kappa shape index (κ1) is 10.5. The molecule has 2 aliphatic rings. The van der Waals surface area contributed by atoms with E-state index in [1.807, 2.05) is 0 Å².